The molecule has 0 bridgehead atoms. The quantitative estimate of drug-likeness (QED) is 0.315. The summed E-state index contributed by atoms with van der Waals surface area (Å²) < 4.78 is 18.4. The minimum absolute atomic E-state index is 0.0866. The lowest BCUT2D eigenvalue weighted by Gasteiger charge is -2.16. The Morgan fingerprint density at radius 3 is 2.50 bits per heavy atom. The summed E-state index contributed by atoms with van der Waals surface area (Å²) in [5, 5.41) is 6.11. The molecule has 1 atom stereocenters. The van der Waals surface area contributed by atoms with E-state index in [-0.39, 0.29) is 18.0 Å². The normalized spacial score (nSPS) is 12.3. The van der Waals surface area contributed by atoms with E-state index in [4.69, 9.17) is 14.2 Å². The summed E-state index contributed by atoms with van der Waals surface area (Å²) in [5.41, 5.74) is 3.06. The molecule has 0 aliphatic carbocycles. The molecule has 38 heavy (non-hydrogen) atoms. The first kappa shape index (κ1) is 23.5. The fraction of sp³-hybridized carbons (Fsp3) is 0.167. The third kappa shape index (κ3) is 3.73. The van der Waals surface area contributed by atoms with Crippen molar-refractivity contribution >= 4 is 44.0 Å². The van der Waals surface area contributed by atoms with Crippen molar-refractivity contribution in [3.63, 3.8) is 0 Å². The van der Waals surface area contributed by atoms with Crippen molar-refractivity contribution in [2.75, 3.05) is 14.2 Å². The molecule has 6 rings (SSSR count). The van der Waals surface area contributed by atoms with Crippen LogP contribution in [0.5, 0.6) is 17.2 Å². The summed E-state index contributed by atoms with van der Waals surface area (Å²) in [7, 11) is 3.16. The maximum Gasteiger partial charge on any atom is 0.263 e. The number of pyridine rings is 2. The molecule has 1 N–H and O–H groups in total. The van der Waals surface area contributed by atoms with E-state index in [1.165, 1.54) is 0 Å². The number of nitrogens with zero attached hydrogens (tertiary/aromatic N) is 2. The molecule has 190 valence electrons. The number of hydrogen-bond donors (Lipinski definition) is 1. The SMILES string of the molecule is COc1ccc(CNC(=O)[C@@H](C)Oc2ccc3c(c2)c2ccnc4c5ccccc5c(=O)n3c24)c(OC)c1. The summed E-state index contributed by atoms with van der Waals surface area (Å²) >= 11 is 0. The van der Waals surface area contributed by atoms with Gasteiger partial charge in [-0.1, -0.05) is 18.2 Å². The van der Waals surface area contributed by atoms with Gasteiger partial charge in [-0.2, -0.15) is 0 Å². The van der Waals surface area contributed by atoms with Crippen molar-refractivity contribution in [3.8, 4) is 17.2 Å². The van der Waals surface area contributed by atoms with E-state index in [0.29, 0.717) is 22.6 Å². The first-order valence-corrected chi connectivity index (χ1v) is 12.2. The molecular weight excluding hydrogens is 482 g/mol. The van der Waals surface area contributed by atoms with E-state index in [2.05, 4.69) is 10.3 Å². The highest BCUT2D eigenvalue weighted by molar-refractivity contribution is 6.18. The number of amides is 1. The molecule has 6 aromatic rings. The maximum atomic E-state index is 13.4. The van der Waals surface area contributed by atoms with Gasteiger partial charge in [0.05, 0.1) is 30.8 Å². The van der Waals surface area contributed by atoms with Crippen LogP contribution in [0.1, 0.15) is 12.5 Å². The molecule has 0 radical (unpaired) electrons. The monoisotopic (exact) mass is 507 g/mol. The van der Waals surface area contributed by atoms with E-state index in [9.17, 15) is 9.59 Å². The van der Waals surface area contributed by atoms with Gasteiger partial charge in [0.2, 0.25) is 0 Å². The fourth-order valence-corrected chi connectivity index (χ4v) is 5.00. The first-order valence-electron chi connectivity index (χ1n) is 12.2. The minimum atomic E-state index is -0.746. The molecule has 0 saturated carbocycles. The van der Waals surface area contributed by atoms with Crippen molar-refractivity contribution in [2.45, 2.75) is 19.6 Å². The van der Waals surface area contributed by atoms with Crippen LogP contribution in [0, 0.1) is 0 Å². The average Bonchev–Trinajstić information content (AvgIpc) is 3.29. The zero-order valence-corrected chi connectivity index (χ0v) is 21.1. The van der Waals surface area contributed by atoms with Crippen LogP contribution in [0.4, 0.5) is 0 Å². The molecule has 8 nitrogen and oxygen atoms in total. The Morgan fingerprint density at radius 1 is 0.921 bits per heavy atom. The first-order chi connectivity index (χ1) is 18.5. The summed E-state index contributed by atoms with van der Waals surface area (Å²) in [4.78, 5) is 30.9. The van der Waals surface area contributed by atoms with Gasteiger partial charge in [0, 0.05) is 45.9 Å². The van der Waals surface area contributed by atoms with Gasteiger partial charge in [-0.3, -0.25) is 19.0 Å². The lowest BCUT2D eigenvalue weighted by atomic mass is 10.1. The number of aromatic nitrogens is 2. The van der Waals surface area contributed by atoms with Gasteiger partial charge in [0.25, 0.3) is 11.5 Å². The third-order valence-corrected chi connectivity index (χ3v) is 6.89. The summed E-state index contributed by atoms with van der Waals surface area (Å²) in [6.07, 6.45) is 1.01. The van der Waals surface area contributed by atoms with E-state index in [1.807, 2.05) is 54.6 Å². The van der Waals surface area contributed by atoms with Crippen molar-refractivity contribution in [2.24, 2.45) is 0 Å². The van der Waals surface area contributed by atoms with Crippen LogP contribution < -0.4 is 25.1 Å². The predicted molar refractivity (Wildman–Crippen MR) is 147 cm³/mol. The van der Waals surface area contributed by atoms with Gasteiger partial charge >= 0.3 is 0 Å². The summed E-state index contributed by atoms with van der Waals surface area (Å²) in [6, 6.07) is 20.4. The topological polar surface area (TPSA) is 91.2 Å². The van der Waals surface area contributed by atoms with Gasteiger partial charge in [-0.15, -0.1) is 0 Å². The van der Waals surface area contributed by atoms with Gasteiger partial charge in [-0.25, -0.2) is 0 Å². The van der Waals surface area contributed by atoms with E-state index in [0.717, 1.165) is 38.3 Å². The van der Waals surface area contributed by atoms with Crippen LogP contribution >= 0.6 is 0 Å². The number of nitrogens with one attached hydrogen (secondary N) is 1. The van der Waals surface area contributed by atoms with Crippen LogP contribution in [0.15, 0.2) is 77.7 Å². The molecule has 0 unspecified atom stereocenters. The number of hydrogen-bond acceptors (Lipinski definition) is 6. The number of methoxy groups -OCH3 is 2. The highest BCUT2D eigenvalue weighted by atomic mass is 16.5. The van der Waals surface area contributed by atoms with Crippen LogP contribution in [0.2, 0.25) is 0 Å². The Morgan fingerprint density at radius 2 is 1.71 bits per heavy atom. The second kappa shape index (κ2) is 9.23. The highest BCUT2D eigenvalue weighted by Gasteiger charge is 2.20. The lowest BCUT2D eigenvalue weighted by molar-refractivity contribution is -0.127. The Kier molecular flexibility index (Phi) is 5.72. The molecule has 0 fully saturated rings. The maximum absolute atomic E-state index is 13.4. The number of carbonyl (C=O) groups is 1. The van der Waals surface area contributed by atoms with Crippen LogP contribution in [0.25, 0.3) is 38.1 Å². The number of carbonyl (C=O) groups excluding carboxylic acids is 1. The second-order valence-electron chi connectivity index (χ2n) is 9.08. The number of ether oxygens (including phenoxy) is 3. The molecule has 8 heteroatoms. The third-order valence-electron chi connectivity index (χ3n) is 6.89. The molecule has 0 aliphatic rings. The summed E-state index contributed by atoms with van der Waals surface area (Å²) in [5.74, 6) is 1.57. The number of rotatable bonds is 7. The standard InChI is InChI=1S/C30H25N3O5/c1-17(29(34)32-16-18-8-9-19(36-2)15-26(18)37-3)38-20-10-11-25-24(14-20)22-12-13-31-27-21-6-4-5-7-23(21)30(35)33(25)28(22)27/h4-15,17H,16H2,1-3H3,(H,32,34)/t17-/m1/s1. The van der Waals surface area contributed by atoms with Crippen LogP contribution in [-0.4, -0.2) is 35.6 Å². The minimum Gasteiger partial charge on any atom is -0.497 e. The molecule has 3 aromatic carbocycles. The smallest absolute Gasteiger partial charge is 0.263 e. The van der Waals surface area contributed by atoms with Crippen molar-refractivity contribution in [1.82, 2.24) is 14.7 Å². The number of fused-ring (bicyclic) bond motifs is 5. The van der Waals surface area contributed by atoms with Crippen LogP contribution in [-0.2, 0) is 11.3 Å². The molecule has 1 amide bonds. The van der Waals surface area contributed by atoms with E-state index < -0.39 is 6.10 Å². The van der Waals surface area contributed by atoms with Crippen molar-refractivity contribution in [1.29, 1.82) is 0 Å². The zero-order valence-electron chi connectivity index (χ0n) is 21.1. The highest BCUT2D eigenvalue weighted by Crippen LogP contribution is 2.34. The zero-order chi connectivity index (χ0) is 26.4. The fourth-order valence-electron chi connectivity index (χ4n) is 5.00. The molecule has 0 aliphatic heterocycles. The lowest BCUT2D eigenvalue weighted by Crippen LogP contribution is -2.36. The molecule has 3 aromatic heterocycles. The van der Waals surface area contributed by atoms with Crippen molar-refractivity contribution in [3.05, 3.63) is 88.8 Å². The van der Waals surface area contributed by atoms with Gasteiger partial charge in [0.1, 0.15) is 17.2 Å². The van der Waals surface area contributed by atoms with E-state index in [1.54, 1.807) is 43.9 Å². The second-order valence-corrected chi connectivity index (χ2v) is 9.08. The molecular formula is C30H25N3O5. The molecule has 3 heterocycles. The van der Waals surface area contributed by atoms with E-state index >= 15 is 0 Å². The predicted octanol–water partition coefficient (Wildman–Crippen LogP) is 4.69. The van der Waals surface area contributed by atoms with Crippen molar-refractivity contribution < 1.29 is 19.0 Å². The largest absolute Gasteiger partial charge is 0.497 e. The Hall–Kier alpha value is -4.85. The molecule has 0 saturated heterocycles. The Balaban J connectivity index is 1.30. The Bertz CT molecular complexity index is 1900. The average molecular weight is 508 g/mol. The van der Waals surface area contributed by atoms with Gasteiger partial charge in [-0.05, 0) is 49.4 Å². The van der Waals surface area contributed by atoms with Gasteiger partial charge < -0.3 is 19.5 Å². The van der Waals surface area contributed by atoms with Crippen LogP contribution in [0.3, 0.4) is 0 Å². The molecule has 0 spiro atoms. The van der Waals surface area contributed by atoms with Gasteiger partial charge in [0.15, 0.2) is 6.10 Å². The summed E-state index contributed by atoms with van der Waals surface area (Å²) in [6.45, 7) is 1.98. The number of benzene rings is 3. The Labute approximate surface area is 217 Å².